The van der Waals surface area contributed by atoms with Gasteiger partial charge in [0.2, 0.25) is 0 Å². The fourth-order valence-electron chi connectivity index (χ4n) is 4.84. The Hall–Kier alpha value is -2.58. The van der Waals surface area contributed by atoms with E-state index < -0.39 is 5.60 Å². The molecule has 1 aliphatic heterocycles. The lowest BCUT2D eigenvalue weighted by atomic mass is 9.92. The van der Waals surface area contributed by atoms with Crippen LogP contribution in [0.25, 0.3) is 11.3 Å². The highest BCUT2D eigenvalue weighted by atomic mass is 35.5. The monoisotopic (exact) mass is 514 g/mol. The predicted molar refractivity (Wildman–Crippen MR) is 145 cm³/mol. The Morgan fingerprint density at radius 2 is 1.97 bits per heavy atom. The van der Waals surface area contributed by atoms with Crippen LogP contribution in [0.4, 0.5) is 16.4 Å². The van der Waals surface area contributed by atoms with E-state index in [1.54, 1.807) is 6.20 Å². The average Bonchev–Trinajstić information content (AvgIpc) is 2.85. The molecule has 4 N–H and O–H groups in total. The summed E-state index contributed by atoms with van der Waals surface area (Å²) in [6.07, 6.45) is 7.63. The van der Waals surface area contributed by atoms with E-state index in [2.05, 4.69) is 15.6 Å². The van der Waals surface area contributed by atoms with Gasteiger partial charge in [0.25, 0.3) is 0 Å². The van der Waals surface area contributed by atoms with Crippen LogP contribution >= 0.6 is 11.6 Å². The van der Waals surface area contributed by atoms with E-state index in [-0.39, 0.29) is 6.09 Å². The number of rotatable bonds is 6. The highest BCUT2D eigenvalue weighted by molar-refractivity contribution is 6.33. The molecule has 0 radical (unpaired) electrons. The summed E-state index contributed by atoms with van der Waals surface area (Å²) in [6, 6.07) is 8.56. The molecule has 1 aliphatic carbocycles. The molecule has 9 heteroatoms. The van der Waals surface area contributed by atoms with Crippen molar-refractivity contribution < 1.29 is 9.53 Å². The van der Waals surface area contributed by atoms with Gasteiger partial charge in [0, 0.05) is 43.5 Å². The molecule has 4 rings (SSSR count). The van der Waals surface area contributed by atoms with Gasteiger partial charge in [0.1, 0.15) is 17.2 Å². The number of anilines is 2. The van der Waals surface area contributed by atoms with Crippen molar-refractivity contribution in [3.05, 3.63) is 35.5 Å². The maximum atomic E-state index is 12.5. The van der Waals surface area contributed by atoms with Gasteiger partial charge in [-0.05, 0) is 83.4 Å². The predicted octanol–water partition coefficient (Wildman–Crippen LogP) is 5.54. The van der Waals surface area contributed by atoms with Crippen molar-refractivity contribution in [3.8, 4) is 11.3 Å². The third kappa shape index (κ3) is 7.46. The van der Waals surface area contributed by atoms with Gasteiger partial charge in [-0.15, -0.1) is 0 Å². The Morgan fingerprint density at radius 3 is 2.72 bits per heavy atom. The number of pyridine rings is 2. The number of hydrogen-bond donors (Lipinski definition) is 3. The molecule has 0 aromatic carbocycles. The zero-order chi connectivity index (χ0) is 25.7. The molecule has 2 aromatic rings. The molecule has 1 saturated heterocycles. The number of nitrogens with one attached hydrogen (secondary N) is 2. The maximum absolute atomic E-state index is 12.5. The van der Waals surface area contributed by atoms with Crippen LogP contribution in [0.3, 0.4) is 0 Å². The number of hydrogen-bond acceptors (Lipinski definition) is 7. The van der Waals surface area contributed by atoms with E-state index in [9.17, 15) is 4.79 Å². The lowest BCUT2D eigenvalue weighted by Gasteiger charge is -2.34. The van der Waals surface area contributed by atoms with E-state index in [0.717, 1.165) is 74.5 Å². The molecule has 2 aromatic heterocycles. The SMILES string of the molecule is CC(C)(C)OC(=O)N1CCCC(CNc2cccc(-c3cc(NC4CCC(N)CC4)ncc3Cl)n2)C1. The molecule has 36 heavy (non-hydrogen) atoms. The summed E-state index contributed by atoms with van der Waals surface area (Å²) < 4.78 is 5.55. The first-order valence-corrected chi connectivity index (χ1v) is 13.4. The minimum absolute atomic E-state index is 0.236. The van der Waals surface area contributed by atoms with Gasteiger partial charge >= 0.3 is 6.09 Å². The van der Waals surface area contributed by atoms with Gasteiger partial charge in [0.15, 0.2) is 0 Å². The summed E-state index contributed by atoms with van der Waals surface area (Å²) in [5.41, 5.74) is 7.19. The molecule has 3 heterocycles. The molecule has 2 aliphatic rings. The second-order valence-corrected chi connectivity index (χ2v) is 11.4. The van der Waals surface area contributed by atoms with Crippen molar-refractivity contribution in [1.29, 1.82) is 0 Å². The molecule has 2 fully saturated rings. The van der Waals surface area contributed by atoms with Crippen LogP contribution in [-0.2, 0) is 4.74 Å². The molecule has 1 unspecified atom stereocenters. The highest BCUT2D eigenvalue weighted by Gasteiger charge is 2.27. The van der Waals surface area contributed by atoms with Gasteiger partial charge in [-0.3, -0.25) is 0 Å². The number of carbonyl (C=O) groups excluding carboxylic acids is 1. The number of likely N-dealkylation sites (tertiary alicyclic amines) is 1. The molecule has 1 saturated carbocycles. The molecular formula is C27H39ClN6O2. The van der Waals surface area contributed by atoms with Crippen LogP contribution in [0.15, 0.2) is 30.5 Å². The molecular weight excluding hydrogens is 476 g/mol. The summed E-state index contributed by atoms with van der Waals surface area (Å²) in [5, 5.41) is 7.56. The largest absolute Gasteiger partial charge is 0.444 e. The fourth-order valence-corrected chi connectivity index (χ4v) is 5.04. The number of nitrogens with two attached hydrogens (primary N) is 1. The van der Waals surface area contributed by atoms with Crippen molar-refractivity contribution in [2.75, 3.05) is 30.3 Å². The Kier molecular flexibility index (Phi) is 8.57. The molecule has 0 spiro atoms. The number of aromatic nitrogens is 2. The van der Waals surface area contributed by atoms with Crippen molar-refractivity contribution in [2.24, 2.45) is 11.7 Å². The van der Waals surface area contributed by atoms with Crippen molar-refractivity contribution in [3.63, 3.8) is 0 Å². The normalized spacial score (nSPS) is 22.7. The van der Waals surface area contributed by atoms with Crippen molar-refractivity contribution in [1.82, 2.24) is 14.9 Å². The summed E-state index contributed by atoms with van der Waals surface area (Å²) >= 11 is 6.52. The summed E-state index contributed by atoms with van der Waals surface area (Å²) in [5.74, 6) is 1.92. The summed E-state index contributed by atoms with van der Waals surface area (Å²) in [4.78, 5) is 23.6. The van der Waals surface area contributed by atoms with Gasteiger partial charge in [0.05, 0.1) is 10.7 Å². The number of piperidine rings is 1. The van der Waals surface area contributed by atoms with Crippen LogP contribution < -0.4 is 16.4 Å². The van der Waals surface area contributed by atoms with Gasteiger partial charge in [-0.2, -0.15) is 0 Å². The topological polar surface area (TPSA) is 105 Å². The number of carbonyl (C=O) groups is 1. The lowest BCUT2D eigenvalue weighted by molar-refractivity contribution is 0.0172. The van der Waals surface area contributed by atoms with E-state index in [4.69, 9.17) is 27.1 Å². The second kappa shape index (κ2) is 11.6. The van der Waals surface area contributed by atoms with Crippen LogP contribution in [0.2, 0.25) is 5.02 Å². The third-order valence-electron chi connectivity index (χ3n) is 6.75. The van der Waals surface area contributed by atoms with Crippen molar-refractivity contribution in [2.45, 2.75) is 77.0 Å². The van der Waals surface area contributed by atoms with Gasteiger partial charge in [-0.1, -0.05) is 17.7 Å². The first-order chi connectivity index (χ1) is 17.2. The molecule has 1 amide bonds. The summed E-state index contributed by atoms with van der Waals surface area (Å²) in [7, 11) is 0. The number of amides is 1. The Labute approximate surface area is 219 Å². The molecule has 0 bridgehead atoms. The van der Waals surface area contributed by atoms with Gasteiger partial charge < -0.3 is 26.0 Å². The smallest absolute Gasteiger partial charge is 0.410 e. The Balaban J connectivity index is 1.37. The van der Waals surface area contributed by atoms with Crippen LogP contribution in [0.1, 0.15) is 59.3 Å². The van der Waals surface area contributed by atoms with E-state index >= 15 is 0 Å². The Morgan fingerprint density at radius 1 is 1.19 bits per heavy atom. The van der Waals surface area contributed by atoms with E-state index in [0.29, 0.717) is 29.6 Å². The van der Waals surface area contributed by atoms with Crippen LogP contribution in [-0.4, -0.2) is 58.3 Å². The van der Waals surface area contributed by atoms with Crippen molar-refractivity contribution >= 4 is 29.3 Å². The van der Waals surface area contributed by atoms with E-state index in [1.165, 1.54) is 0 Å². The molecule has 196 valence electrons. The minimum atomic E-state index is -0.486. The van der Waals surface area contributed by atoms with Crippen LogP contribution in [0, 0.1) is 5.92 Å². The quantitative estimate of drug-likeness (QED) is 0.464. The molecule has 8 nitrogen and oxygen atoms in total. The first kappa shape index (κ1) is 26.5. The average molecular weight is 515 g/mol. The number of nitrogens with zero attached hydrogens (tertiary/aromatic N) is 3. The standard InChI is InChI=1S/C27H39ClN6O2/c1-27(2,3)36-26(35)34-13-5-6-18(17-34)15-30-24-8-4-7-23(33-24)21-14-25(31-16-22(21)28)32-20-11-9-19(29)10-12-20/h4,7-8,14,16,18-20H,5-6,9-13,15,17,29H2,1-3H3,(H,30,33)(H,31,32). The molecule has 1 atom stereocenters. The fraction of sp³-hybridized carbons (Fsp3) is 0.593. The zero-order valence-corrected chi connectivity index (χ0v) is 22.4. The second-order valence-electron chi connectivity index (χ2n) is 11.0. The number of ether oxygens (including phenoxy) is 1. The Bertz CT molecular complexity index is 1040. The maximum Gasteiger partial charge on any atom is 0.410 e. The highest BCUT2D eigenvalue weighted by Crippen LogP contribution is 2.30. The van der Waals surface area contributed by atoms with Crippen LogP contribution in [0.5, 0.6) is 0 Å². The minimum Gasteiger partial charge on any atom is -0.444 e. The number of halogens is 1. The first-order valence-electron chi connectivity index (χ1n) is 13.0. The zero-order valence-electron chi connectivity index (χ0n) is 21.6. The summed E-state index contributed by atoms with van der Waals surface area (Å²) in [6.45, 7) is 7.84. The lowest BCUT2D eigenvalue weighted by Crippen LogP contribution is -2.44. The third-order valence-corrected chi connectivity index (χ3v) is 7.05. The van der Waals surface area contributed by atoms with Gasteiger partial charge in [-0.25, -0.2) is 14.8 Å². The van der Waals surface area contributed by atoms with E-state index in [1.807, 2.05) is 49.9 Å².